The van der Waals surface area contributed by atoms with Crippen LogP contribution in [0.25, 0.3) is 11.5 Å². The van der Waals surface area contributed by atoms with Gasteiger partial charge in [-0.25, -0.2) is 0 Å². The Kier molecular flexibility index (Phi) is 5.30. The standard InChI is InChI=1S/C20H25N3O4/c1-20(2,3)19-22-17(27-23-19)15-7-5-4-6-14(15)16(24)21-13-10-8-12(9-11-13)18(25)26/h4-7,12-13H,8-11H2,1-3H3,(H,21,24)(H,25,26). The van der Waals surface area contributed by atoms with E-state index in [1.807, 2.05) is 26.8 Å². The number of rotatable bonds is 4. The minimum Gasteiger partial charge on any atom is -0.481 e. The summed E-state index contributed by atoms with van der Waals surface area (Å²) in [7, 11) is 0. The second-order valence-electron chi connectivity index (χ2n) is 8.08. The lowest BCUT2D eigenvalue weighted by atomic mass is 9.86. The summed E-state index contributed by atoms with van der Waals surface area (Å²) < 4.78 is 5.39. The number of carbonyl (C=O) groups is 2. The van der Waals surface area contributed by atoms with Gasteiger partial charge < -0.3 is 14.9 Å². The number of nitrogens with zero attached hydrogens (tertiary/aromatic N) is 2. The maximum absolute atomic E-state index is 12.8. The van der Waals surface area contributed by atoms with Crippen LogP contribution in [0, 0.1) is 5.92 Å². The zero-order valence-corrected chi connectivity index (χ0v) is 15.9. The van der Waals surface area contributed by atoms with Crippen molar-refractivity contribution in [3.05, 3.63) is 35.7 Å². The third-order valence-corrected chi connectivity index (χ3v) is 4.91. The zero-order chi connectivity index (χ0) is 19.6. The van der Waals surface area contributed by atoms with Gasteiger partial charge in [-0.1, -0.05) is 38.1 Å². The first-order valence-corrected chi connectivity index (χ1v) is 9.23. The van der Waals surface area contributed by atoms with Crippen LogP contribution in [0.1, 0.15) is 62.6 Å². The molecule has 1 aliphatic rings. The van der Waals surface area contributed by atoms with Crippen LogP contribution in [0.3, 0.4) is 0 Å². The van der Waals surface area contributed by atoms with Crippen molar-refractivity contribution in [2.75, 3.05) is 0 Å². The largest absolute Gasteiger partial charge is 0.481 e. The molecule has 0 unspecified atom stereocenters. The van der Waals surface area contributed by atoms with Crippen molar-refractivity contribution >= 4 is 11.9 Å². The summed E-state index contributed by atoms with van der Waals surface area (Å²) in [6.45, 7) is 5.98. The number of carboxylic acid groups (broad SMARTS) is 1. The minimum atomic E-state index is -0.754. The van der Waals surface area contributed by atoms with Gasteiger partial charge in [0.25, 0.3) is 11.8 Å². The van der Waals surface area contributed by atoms with E-state index in [4.69, 9.17) is 9.63 Å². The van der Waals surface area contributed by atoms with Gasteiger partial charge in [-0.3, -0.25) is 9.59 Å². The molecular weight excluding hydrogens is 346 g/mol. The molecule has 7 heteroatoms. The molecule has 0 aliphatic heterocycles. The molecule has 0 bridgehead atoms. The molecule has 144 valence electrons. The Balaban J connectivity index is 1.75. The van der Waals surface area contributed by atoms with Gasteiger partial charge in [0.2, 0.25) is 0 Å². The summed E-state index contributed by atoms with van der Waals surface area (Å²) in [6, 6.07) is 7.12. The number of hydrogen-bond donors (Lipinski definition) is 2. The van der Waals surface area contributed by atoms with Gasteiger partial charge in [-0.15, -0.1) is 0 Å². The smallest absolute Gasteiger partial charge is 0.306 e. The van der Waals surface area contributed by atoms with Crippen molar-refractivity contribution in [3.63, 3.8) is 0 Å². The quantitative estimate of drug-likeness (QED) is 0.853. The van der Waals surface area contributed by atoms with E-state index in [1.165, 1.54) is 0 Å². The highest BCUT2D eigenvalue weighted by molar-refractivity contribution is 6.00. The third kappa shape index (κ3) is 4.35. The van der Waals surface area contributed by atoms with Crippen molar-refractivity contribution < 1.29 is 19.2 Å². The zero-order valence-electron chi connectivity index (χ0n) is 15.9. The predicted molar refractivity (Wildman–Crippen MR) is 99.3 cm³/mol. The first kappa shape index (κ1) is 19.1. The molecule has 1 amide bonds. The Morgan fingerprint density at radius 1 is 1.15 bits per heavy atom. The van der Waals surface area contributed by atoms with Gasteiger partial charge in [0.1, 0.15) is 0 Å². The van der Waals surface area contributed by atoms with Gasteiger partial charge in [-0.05, 0) is 37.8 Å². The van der Waals surface area contributed by atoms with Crippen LogP contribution in [0.15, 0.2) is 28.8 Å². The Hall–Kier alpha value is -2.70. The van der Waals surface area contributed by atoms with E-state index in [0.29, 0.717) is 48.5 Å². The molecule has 0 atom stereocenters. The number of aromatic nitrogens is 2. The predicted octanol–water partition coefficient (Wildman–Crippen LogP) is 3.41. The van der Waals surface area contributed by atoms with E-state index in [0.717, 1.165) is 0 Å². The molecule has 0 saturated heterocycles. The van der Waals surface area contributed by atoms with E-state index in [2.05, 4.69) is 15.5 Å². The summed E-state index contributed by atoms with van der Waals surface area (Å²) in [5.41, 5.74) is 0.820. The van der Waals surface area contributed by atoms with Crippen LogP contribution < -0.4 is 5.32 Å². The minimum absolute atomic E-state index is 0.0195. The van der Waals surface area contributed by atoms with E-state index in [9.17, 15) is 9.59 Å². The maximum atomic E-state index is 12.8. The molecule has 0 radical (unpaired) electrons. The number of benzene rings is 1. The molecular formula is C20H25N3O4. The number of aliphatic carboxylic acids is 1. The molecule has 7 nitrogen and oxygen atoms in total. The highest BCUT2D eigenvalue weighted by Gasteiger charge is 2.28. The van der Waals surface area contributed by atoms with Crippen molar-refractivity contribution in [1.82, 2.24) is 15.5 Å². The molecule has 1 aromatic heterocycles. The second-order valence-corrected chi connectivity index (χ2v) is 8.08. The summed E-state index contributed by atoms with van der Waals surface area (Å²) in [5, 5.41) is 16.1. The molecule has 2 N–H and O–H groups in total. The first-order chi connectivity index (χ1) is 12.8. The van der Waals surface area contributed by atoms with E-state index >= 15 is 0 Å². The highest BCUT2D eigenvalue weighted by Crippen LogP contribution is 2.28. The monoisotopic (exact) mass is 371 g/mol. The summed E-state index contributed by atoms with van der Waals surface area (Å²) in [6.07, 6.45) is 2.50. The van der Waals surface area contributed by atoms with Gasteiger partial charge in [-0.2, -0.15) is 4.98 Å². The Morgan fingerprint density at radius 2 is 1.81 bits per heavy atom. The van der Waals surface area contributed by atoms with Crippen LogP contribution in [0.5, 0.6) is 0 Å². The van der Waals surface area contributed by atoms with Gasteiger partial charge >= 0.3 is 5.97 Å². The van der Waals surface area contributed by atoms with Gasteiger partial charge in [0.05, 0.1) is 17.0 Å². The lowest BCUT2D eigenvalue weighted by molar-refractivity contribution is -0.142. The summed E-state index contributed by atoms with van der Waals surface area (Å²) in [4.78, 5) is 28.3. The fourth-order valence-electron chi connectivity index (χ4n) is 3.25. The fraction of sp³-hybridized carbons (Fsp3) is 0.500. The van der Waals surface area contributed by atoms with Crippen molar-refractivity contribution in [1.29, 1.82) is 0 Å². The third-order valence-electron chi connectivity index (χ3n) is 4.91. The van der Waals surface area contributed by atoms with Crippen molar-refractivity contribution in [2.24, 2.45) is 5.92 Å². The van der Waals surface area contributed by atoms with Gasteiger partial charge in [0.15, 0.2) is 5.82 Å². The fourth-order valence-corrected chi connectivity index (χ4v) is 3.25. The van der Waals surface area contributed by atoms with E-state index < -0.39 is 5.97 Å². The number of amides is 1. The summed E-state index contributed by atoms with van der Waals surface area (Å²) >= 11 is 0. The van der Waals surface area contributed by atoms with Crippen LogP contribution in [-0.2, 0) is 10.2 Å². The van der Waals surface area contributed by atoms with Crippen molar-refractivity contribution in [2.45, 2.75) is 57.9 Å². The van der Waals surface area contributed by atoms with Crippen LogP contribution in [0.2, 0.25) is 0 Å². The molecule has 1 fully saturated rings. The molecule has 1 aliphatic carbocycles. The molecule has 27 heavy (non-hydrogen) atoms. The topological polar surface area (TPSA) is 105 Å². The second kappa shape index (κ2) is 7.50. The normalized spacial score (nSPS) is 20.3. The number of nitrogens with one attached hydrogen (secondary N) is 1. The number of carbonyl (C=O) groups excluding carboxylic acids is 1. The molecule has 0 spiro atoms. The SMILES string of the molecule is CC(C)(C)c1noc(-c2ccccc2C(=O)NC2CCC(C(=O)O)CC2)n1. The van der Waals surface area contributed by atoms with Crippen LogP contribution in [-0.4, -0.2) is 33.2 Å². The van der Waals surface area contributed by atoms with Crippen molar-refractivity contribution in [3.8, 4) is 11.5 Å². The molecule has 1 heterocycles. The Labute approximate surface area is 158 Å². The van der Waals surface area contributed by atoms with E-state index in [1.54, 1.807) is 18.2 Å². The highest BCUT2D eigenvalue weighted by atomic mass is 16.5. The van der Waals surface area contributed by atoms with Gasteiger partial charge in [0, 0.05) is 11.5 Å². The Morgan fingerprint density at radius 3 is 2.41 bits per heavy atom. The molecule has 2 aromatic rings. The maximum Gasteiger partial charge on any atom is 0.306 e. The van der Waals surface area contributed by atoms with E-state index in [-0.39, 0.29) is 23.3 Å². The first-order valence-electron chi connectivity index (χ1n) is 9.23. The number of carboxylic acids is 1. The average molecular weight is 371 g/mol. The Bertz CT molecular complexity index is 830. The number of hydrogen-bond acceptors (Lipinski definition) is 5. The lowest BCUT2D eigenvalue weighted by Crippen LogP contribution is -2.38. The summed E-state index contributed by atoms with van der Waals surface area (Å²) in [5.74, 6) is -0.365. The lowest BCUT2D eigenvalue weighted by Gasteiger charge is -2.27. The van der Waals surface area contributed by atoms with Crippen LogP contribution >= 0.6 is 0 Å². The molecule has 3 rings (SSSR count). The van der Waals surface area contributed by atoms with Crippen LogP contribution in [0.4, 0.5) is 0 Å². The average Bonchev–Trinajstić information content (AvgIpc) is 3.12. The molecule has 1 aromatic carbocycles. The molecule has 1 saturated carbocycles.